The number of nitrogens with zero attached hydrogens (tertiary/aromatic N) is 3. The van der Waals surface area contributed by atoms with Crippen molar-refractivity contribution >= 4 is 23.0 Å². The number of benzene rings is 1. The van der Waals surface area contributed by atoms with Gasteiger partial charge in [-0.25, -0.2) is 4.79 Å². The van der Waals surface area contributed by atoms with Crippen molar-refractivity contribution in [3.05, 3.63) is 40.6 Å². The van der Waals surface area contributed by atoms with Crippen LogP contribution in [0.1, 0.15) is 33.0 Å². The lowest BCUT2D eigenvalue weighted by atomic mass is 9.96. The number of oxazole rings is 1. The maximum atomic E-state index is 12.0. The van der Waals surface area contributed by atoms with Gasteiger partial charge in [0.05, 0.1) is 5.52 Å². The smallest absolute Gasteiger partial charge is 0.408 e. The summed E-state index contributed by atoms with van der Waals surface area (Å²) in [6.45, 7) is 6.03. The molecule has 8 nitrogen and oxygen atoms in total. The predicted octanol–water partition coefficient (Wildman–Crippen LogP) is 2.30. The van der Waals surface area contributed by atoms with Gasteiger partial charge in [-0.05, 0) is 12.1 Å². The summed E-state index contributed by atoms with van der Waals surface area (Å²) in [6.07, 6.45) is 0.0800. The molecule has 3 rings (SSSR count). The largest absolute Gasteiger partial charge is 0.419 e. The van der Waals surface area contributed by atoms with Crippen LogP contribution in [0, 0.1) is 0 Å². The predicted molar refractivity (Wildman–Crippen MR) is 86.7 cm³/mol. The normalized spacial score (nSPS) is 11.8. The van der Waals surface area contributed by atoms with Crippen molar-refractivity contribution in [1.29, 1.82) is 0 Å². The topological polar surface area (TPSA) is 103 Å². The van der Waals surface area contributed by atoms with E-state index in [2.05, 4.69) is 15.5 Å². The lowest BCUT2D eigenvalue weighted by Crippen LogP contribution is -2.20. The van der Waals surface area contributed by atoms with Gasteiger partial charge in [0.2, 0.25) is 5.91 Å². The van der Waals surface area contributed by atoms with Crippen LogP contribution in [-0.4, -0.2) is 20.6 Å². The molecule has 0 unspecified atom stereocenters. The second kappa shape index (κ2) is 5.95. The fourth-order valence-electron chi connectivity index (χ4n) is 2.20. The van der Waals surface area contributed by atoms with Gasteiger partial charge in [-0.3, -0.25) is 14.7 Å². The molecule has 1 N–H and O–H groups in total. The fourth-order valence-corrected chi connectivity index (χ4v) is 2.20. The quantitative estimate of drug-likeness (QED) is 0.787. The first-order valence-electron chi connectivity index (χ1n) is 7.57. The maximum absolute atomic E-state index is 12.0. The Balaban J connectivity index is 1.66. The standard InChI is InChI=1S/C16H18N4O4/c1-16(2,3)13-18-14(24-19-13)17-12(21)8-9-20-10-6-4-5-7-11(10)23-15(20)22/h4-7H,8-9H2,1-3H3,(H,17,18,19,21). The summed E-state index contributed by atoms with van der Waals surface area (Å²) in [4.78, 5) is 28.0. The van der Waals surface area contributed by atoms with E-state index >= 15 is 0 Å². The molecule has 0 radical (unpaired) electrons. The number of anilines is 1. The van der Waals surface area contributed by atoms with Crippen molar-refractivity contribution in [2.75, 3.05) is 5.32 Å². The second-order valence-electron chi connectivity index (χ2n) is 6.46. The van der Waals surface area contributed by atoms with Crippen LogP contribution >= 0.6 is 0 Å². The van der Waals surface area contributed by atoms with Gasteiger partial charge in [0.15, 0.2) is 11.4 Å². The number of nitrogens with one attached hydrogen (secondary N) is 1. The van der Waals surface area contributed by atoms with Gasteiger partial charge in [-0.15, -0.1) is 0 Å². The number of rotatable bonds is 4. The first kappa shape index (κ1) is 16.0. The summed E-state index contributed by atoms with van der Waals surface area (Å²) in [7, 11) is 0. The molecule has 0 saturated carbocycles. The van der Waals surface area contributed by atoms with Crippen LogP contribution in [0.15, 0.2) is 38.0 Å². The van der Waals surface area contributed by atoms with Crippen LogP contribution in [0.25, 0.3) is 11.1 Å². The summed E-state index contributed by atoms with van der Waals surface area (Å²) >= 11 is 0. The van der Waals surface area contributed by atoms with E-state index < -0.39 is 5.76 Å². The summed E-state index contributed by atoms with van der Waals surface area (Å²) in [5.74, 6) is -0.303. The number of hydrogen-bond acceptors (Lipinski definition) is 6. The minimum atomic E-state index is -0.489. The number of fused-ring (bicyclic) bond motifs is 1. The molecule has 1 amide bonds. The van der Waals surface area contributed by atoms with Crippen LogP contribution < -0.4 is 11.1 Å². The van der Waals surface area contributed by atoms with Crippen LogP contribution in [0.2, 0.25) is 0 Å². The van der Waals surface area contributed by atoms with Crippen LogP contribution in [0.4, 0.5) is 6.01 Å². The number of hydrogen-bond donors (Lipinski definition) is 1. The zero-order valence-corrected chi connectivity index (χ0v) is 13.7. The van der Waals surface area contributed by atoms with Gasteiger partial charge in [-0.2, -0.15) is 4.98 Å². The molecule has 126 valence electrons. The van der Waals surface area contributed by atoms with Gasteiger partial charge in [-0.1, -0.05) is 38.1 Å². The summed E-state index contributed by atoms with van der Waals surface area (Å²) in [5.41, 5.74) is 0.882. The molecule has 0 aliphatic rings. The molecule has 0 bridgehead atoms. The van der Waals surface area contributed by atoms with E-state index in [9.17, 15) is 9.59 Å². The molecule has 0 atom stereocenters. The molecule has 2 heterocycles. The first-order chi connectivity index (χ1) is 11.3. The van der Waals surface area contributed by atoms with E-state index in [1.165, 1.54) is 4.57 Å². The Kier molecular flexibility index (Phi) is 3.96. The lowest BCUT2D eigenvalue weighted by molar-refractivity contribution is -0.116. The van der Waals surface area contributed by atoms with Gasteiger partial charge in [0.1, 0.15) is 0 Å². The van der Waals surface area contributed by atoms with E-state index in [0.717, 1.165) is 0 Å². The molecule has 0 spiro atoms. The van der Waals surface area contributed by atoms with Gasteiger partial charge < -0.3 is 8.94 Å². The Morgan fingerprint density at radius 3 is 2.75 bits per heavy atom. The number of aryl methyl sites for hydroxylation is 1. The number of amides is 1. The minimum Gasteiger partial charge on any atom is -0.408 e. The lowest BCUT2D eigenvalue weighted by Gasteiger charge is -2.10. The Hall–Kier alpha value is -2.90. The van der Waals surface area contributed by atoms with E-state index in [4.69, 9.17) is 8.94 Å². The fraction of sp³-hybridized carbons (Fsp3) is 0.375. The van der Waals surface area contributed by atoms with Gasteiger partial charge >= 0.3 is 11.8 Å². The third-order valence-electron chi connectivity index (χ3n) is 3.48. The van der Waals surface area contributed by atoms with E-state index in [-0.39, 0.29) is 30.3 Å². The van der Waals surface area contributed by atoms with Crippen LogP contribution in [0.3, 0.4) is 0 Å². The number of carbonyl (C=O) groups excluding carboxylic acids is 1. The zero-order chi connectivity index (χ0) is 17.3. The van der Waals surface area contributed by atoms with Crippen LogP contribution in [-0.2, 0) is 16.8 Å². The van der Waals surface area contributed by atoms with Crippen molar-refractivity contribution in [3.8, 4) is 0 Å². The van der Waals surface area contributed by atoms with Crippen LogP contribution in [0.5, 0.6) is 0 Å². The molecular formula is C16H18N4O4. The molecule has 3 aromatic rings. The third kappa shape index (κ3) is 3.22. The molecular weight excluding hydrogens is 312 g/mol. The van der Waals surface area contributed by atoms with E-state index in [1.807, 2.05) is 20.8 Å². The Morgan fingerprint density at radius 1 is 1.29 bits per heavy atom. The SMILES string of the molecule is CC(C)(C)c1noc(NC(=O)CCn2c(=O)oc3ccccc32)n1. The average molecular weight is 330 g/mol. The summed E-state index contributed by atoms with van der Waals surface area (Å²) < 4.78 is 11.6. The highest BCUT2D eigenvalue weighted by molar-refractivity contribution is 5.88. The van der Waals surface area contributed by atoms with Gasteiger partial charge in [0, 0.05) is 18.4 Å². The highest BCUT2D eigenvalue weighted by Gasteiger charge is 2.21. The van der Waals surface area contributed by atoms with Crippen molar-refractivity contribution in [1.82, 2.24) is 14.7 Å². The monoisotopic (exact) mass is 330 g/mol. The average Bonchev–Trinajstić information content (AvgIpc) is 3.09. The molecule has 0 saturated heterocycles. The molecule has 0 aliphatic heterocycles. The van der Waals surface area contributed by atoms with E-state index in [0.29, 0.717) is 16.9 Å². The number of para-hydroxylation sites is 2. The minimum absolute atomic E-state index is 0.0503. The Morgan fingerprint density at radius 2 is 2.04 bits per heavy atom. The highest BCUT2D eigenvalue weighted by atomic mass is 16.5. The van der Waals surface area contributed by atoms with E-state index in [1.54, 1.807) is 24.3 Å². The number of carbonyl (C=O) groups is 1. The third-order valence-corrected chi connectivity index (χ3v) is 3.48. The number of aromatic nitrogens is 3. The van der Waals surface area contributed by atoms with Crippen molar-refractivity contribution < 1.29 is 13.7 Å². The molecule has 2 aromatic heterocycles. The second-order valence-corrected chi connectivity index (χ2v) is 6.46. The van der Waals surface area contributed by atoms with Gasteiger partial charge in [0.25, 0.3) is 0 Å². The first-order valence-corrected chi connectivity index (χ1v) is 7.57. The van der Waals surface area contributed by atoms with Crippen molar-refractivity contribution in [2.45, 2.75) is 39.2 Å². The molecule has 0 aliphatic carbocycles. The molecule has 0 fully saturated rings. The van der Waals surface area contributed by atoms with Crippen molar-refractivity contribution in [3.63, 3.8) is 0 Å². The zero-order valence-electron chi connectivity index (χ0n) is 13.7. The maximum Gasteiger partial charge on any atom is 0.419 e. The summed E-state index contributed by atoms with van der Waals surface area (Å²) in [5, 5.41) is 6.37. The molecule has 1 aromatic carbocycles. The Labute approximate surface area is 137 Å². The van der Waals surface area contributed by atoms with Crippen molar-refractivity contribution in [2.24, 2.45) is 0 Å². The summed E-state index contributed by atoms with van der Waals surface area (Å²) in [6, 6.07) is 7.12. The molecule has 8 heteroatoms. The molecule has 24 heavy (non-hydrogen) atoms. The highest BCUT2D eigenvalue weighted by Crippen LogP contribution is 2.20. The Bertz CT molecular complexity index is 929.